The van der Waals surface area contributed by atoms with Gasteiger partial charge in [-0.3, -0.25) is 0 Å². The first-order valence-electron chi connectivity index (χ1n) is 5.20. The summed E-state index contributed by atoms with van der Waals surface area (Å²) in [6.45, 7) is 3.04. The molecule has 2 heterocycles. The van der Waals surface area contributed by atoms with Crippen LogP contribution in [-0.2, 0) is 0 Å². The molecule has 4 heteroatoms. The van der Waals surface area contributed by atoms with Gasteiger partial charge in [0.05, 0.1) is 5.56 Å². The van der Waals surface area contributed by atoms with Gasteiger partial charge >= 0.3 is 0 Å². The molecule has 2 rings (SSSR count). The molecule has 1 saturated heterocycles. The van der Waals surface area contributed by atoms with Crippen LogP contribution < -0.4 is 10.6 Å². The summed E-state index contributed by atoms with van der Waals surface area (Å²) >= 11 is 0. The highest BCUT2D eigenvalue weighted by Crippen LogP contribution is 2.12. The summed E-state index contributed by atoms with van der Waals surface area (Å²) < 4.78 is 0. The van der Waals surface area contributed by atoms with E-state index in [0.717, 1.165) is 19.6 Å². The molecular weight excluding hydrogens is 188 g/mol. The maximum Gasteiger partial charge on any atom is 0.143 e. The summed E-state index contributed by atoms with van der Waals surface area (Å²) in [5.41, 5.74) is 0.614. The van der Waals surface area contributed by atoms with Crippen molar-refractivity contribution in [2.75, 3.05) is 25.0 Å². The Balaban J connectivity index is 1.95. The largest absolute Gasteiger partial charge is 0.369 e. The van der Waals surface area contributed by atoms with Gasteiger partial charge in [-0.2, -0.15) is 5.26 Å². The van der Waals surface area contributed by atoms with Crippen LogP contribution in [0.5, 0.6) is 0 Å². The molecule has 0 saturated carbocycles. The predicted molar refractivity (Wildman–Crippen MR) is 58.4 cm³/mol. The average molecular weight is 202 g/mol. The summed E-state index contributed by atoms with van der Waals surface area (Å²) in [6, 6.07) is 5.69. The van der Waals surface area contributed by atoms with E-state index in [1.807, 2.05) is 0 Å². The Morgan fingerprint density at radius 3 is 3.33 bits per heavy atom. The van der Waals surface area contributed by atoms with Gasteiger partial charge < -0.3 is 10.6 Å². The van der Waals surface area contributed by atoms with Crippen molar-refractivity contribution in [2.24, 2.45) is 5.92 Å². The van der Waals surface area contributed by atoms with Crippen molar-refractivity contribution in [2.45, 2.75) is 6.42 Å². The Labute approximate surface area is 89.3 Å². The molecule has 15 heavy (non-hydrogen) atoms. The second kappa shape index (κ2) is 4.76. The van der Waals surface area contributed by atoms with E-state index in [0.29, 0.717) is 17.3 Å². The third-order valence-electron chi connectivity index (χ3n) is 2.65. The second-order valence-electron chi connectivity index (χ2n) is 3.75. The minimum Gasteiger partial charge on any atom is -0.369 e. The quantitative estimate of drug-likeness (QED) is 0.767. The Bertz CT molecular complexity index is 363. The minimum absolute atomic E-state index is 0.614. The first-order chi connectivity index (χ1) is 7.40. The second-order valence-corrected chi connectivity index (χ2v) is 3.75. The van der Waals surface area contributed by atoms with Crippen LogP contribution in [0, 0.1) is 17.2 Å². The van der Waals surface area contributed by atoms with Crippen LogP contribution >= 0.6 is 0 Å². The van der Waals surface area contributed by atoms with Crippen molar-refractivity contribution in [3.8, 4) is 6.07 Å². The number of pyridine rings is 1. The van der Waals surface area contributed by atoms with E-state index in [4.69, 9.17) is 5.26 Å². The van der Waals surface area contributed by atoms with Crippen LogP contribution in [0.4, 0.5) is 5.82 Å². The van der Waals surface area contributed by atoms with Crippen LogP contribution in [0.2, 0.25) is 0 Å². The van der Waals surface area contributed by atoms with Crippen LogP contribution in [0.15, 0.2) is 18.3 Å². The summed E-state index contributed by atoms with van der Waals surface area (Å²) in [5, 5.41) is 15.4. The topological polar surface area (TPSA) is 60.7 Å². The molecular formula is C11H14N4. The summed E-state index contributed by atoms with van der Waals surface area (Å²) in [5.74, 6) is 1.35. The summed E-state index contributed by atoms with van der Waals surface area (Å²) in [4.78, 5) is 4.16. The van der Waals surface area contributed by atoms with Crippen molar-refractivity contribution in [1.82, 2.24) is 10.3 Å². The molecule has 78 valence electrons. The zero-order valence-electron chi connectivity index (χ0n) is 8.53. The van der Waals surface area contributed by atoms with Crippen LogP contribution in [0.3, 0.4) is 0 Å². The maximum absolute atomic E-state index is 8.87. The Kier molecular flexibility index (Phi) is 3.15. The lowest BCUT2D eigenvalue weighted by molar-refractivity contribution is 0.614. The molecule has 4 nitrogen and oxygen atoms in total. The lowest BCUT2D eigenvalue weighted by Crippen LogP contribution is -2.18. The molecule has 1 aromatic rings. The zero-order valence-corrected chi connectivity index (χ0v) is 8.53. The minimum atomic E-state index is 0.614. The van der Waals surface area contributed by atoms with Gasteiger partial charge in [0, 0.05) is 12.7 Å². The van der Waals surface area contributed by atoms with Gasteiger partial charge in [0.1, 0.15) is 11.9 Å². The molecule has 0 amide bonds. The van der Waals surface area contributed by atoms with E-state index in [2.05, 4.69) is 21.7 Å². The first-order valence-corrected chi connectivity index (χ1v) is 5.20. The molecule has 1 fully saturated rings. The van der Waals surface area contributed by atoms with Gasteiger partial charge in [-0.15, -0.1) is 0 Å². The fourth-order valence-corrected chi connectivity index (χ4v) is 1.77. The van der Waals surface area contributed by atoms with Gasteiger partial charge in [-0.05, 0) is 37.6 Å². The van der Waals surface area contributed by atoms with Crippen molar-refractivity contribution in [3.63, 3.8) is 0 Å². The molecule has 1 unspecified atom stereocenters. The molecule has 0 radical (unpaired) electrons. The van der Waals surface area contributed by atoms with Crippen LogP contribution in [-0.4, -0.2) is 24.6 Å². The van der Waals surface area contributed by atoms with E-state index in [1.165, 1.54) is 6.42 Å². The monoisotopic (exact) mass is 202 g/mol. The van der Waals surface area contributed by atoms with Crippen LogP contribution in [0.1, 0.15) is 12.0 Å². The lowest BCUT2D eigenvalue weighted by atomic mass is 10.1. The van der Waals surface area contributed by atoms with Crippen molar-refractivity contribution in [3.05, 3.63) is 23.9 Å². The predicted octanol–water partition coefficient (Wildman–Crippen LogP) is 0.975. The standard InChI is InChI=1S/C11H14N4/c12-6-10-2-1-4-14-11(10)15-8-9-3-5-13-7-9/h1-2,4,9,13H,3,5,7-8H2,(H,14,15). The van der Waals surface area contributed by atoms with E-state index in [-0.39, 0.29) is 0 Å². The van der Waals surface area contributed by atoms with Gasteiger partial charge in [0.15, 0.2) is 0 Å². The summed E-state index contributed by atoms with van der Waals surface area (Å²) in [6.07, 6.45) is 2.90. The number of nitrogens with one attached hydrogen (secondary N) is 2. The molecule has 0 bridgehead atoms. The number of anilines is 1. The zero-order chi connectivity index (χ0) is 10.5. The SMILES string of the molecule is N#Cc1cccnc1NCC1CCNC1. The van der Waals surface area contributed by atoms with E-state index in [1.54, 1.807) is 18.3 Å². The number of nitriles is 1. The number of hydrogen-bond acceptors (Lipinski definition) is 4. The molecule has 0 aromatic carbocycles. The normalized spacial score (nSPS) is 19.8. The lowest BCUT2D eigenvalue weighted by Gasteiger charge is -2.10. The molecule has 1 aliphatic heterocycles. The first kappa shape index (κ1) is 9.94. The fraction of sp³-hybridized carbons (Fsp3) is 0.455. The molecule has 1 aromatic heterocycles. The molecule has 2 N–H and O–H groups in total. The average Bonchev–Trinajstić information content (AvgIpc) is 2.79. The fourth-order valence-electron chi connectivity index (χ4n) is 1.77. The smallest absolute Gasteiger partial charge is 0.143 e. The molecule has 0 aliphatic carbocycles. The van der Waals surface area contributed by atoms with Gasteiger partial charge in [-0.1, -0.05) is 0 Å². The molecule has 1 atom stereocenters. The Morgan fingerprint density at radius 2 is 2.60 bits per heavy atom. The van der Waals surface area contributed by atoms with Gasteiger partial charge in [0.2, 0.25) is 0 Å². The number of aromatic nitrogens is 1. The third kappa shape index (κ3) is 2.45. The third-order valence-corrected chi connectivity index (χ3v) is 2.65. The molecule has 0 spiro atoms. The Morgan fingerprint density at radius 1 is 1.67 bits per heavy atom. The van der Waals surface area contributed by atoms with Gasteiger partial charge in [-0.25, -0.2) is 4.98 Å². The van der Waals surface area contributed by atoms with E-state index >= 15 is 0 Å². The van der Waals surface area contributed by atoms with Crippen LogP contribution in [0.25, 0.3) is 0 Å². The molecule has 1 aliphatic rings. The Hall–Kier alpha value is -1.60. The highest BCUT2D eigenvalue weighted by molar-refractivity contribution is 5.51. The van der Waals surface area contributed by atoms with Crippen molar-refractivity contribution in [1.29, 1.82) is 5.26 Å². The van der Waals surface area contributed by atoms with E-state index in [9.17, 15) is 0 Å². The van der Waals surface area contributed by atoms with E-state index < -0.39 is 0 Å². The highest BCUT2D eigenvalue weighted by atomic mass is 15.0. The summed E-state index contributed by atoms with van der Waals surface area (Å²) in [7, 11) is 0. The number of rotatable bonds is 3. The van der Waals surface area contributed by atoms with Crippen molar-refractivity contribution < 1.29 is 0 Å². The maximum atomic E-state index is 8.87. The number of hydrogen-bond donors (Lipinski definition) is 2. The van der Waals surface area contributed by atoms with Crippen molar-refractivity contribution >= 4 is 5.82 Å². The number of nitrogens with zero attached hydrogens (tertiary/aromatic N) is 2. The highest BCUT2D eigenvalue weighted by Gasteiger charge is 2.14. The van der Waals surface area contributed by atoms with Gasteiger partial charge in [0.25, 0.3) is 0 Å².